The van der Waals surface area contributed by atoms with Crippen LogP contribution in [0.1, 0.15) is 11.5 Å². The topological polar surface area (TPSA) is 17.8 Å². The first-order valence-electron chi connectivity index (χ1n) is 5.66. The lowest BCUT2D eigenvalue weighted by Gasteiger charge is -2.09. The van der Waals surface area contributed by atoms with Gasteiger partial charge in [-0.25, -0.2) is 4.98 Å². The van der Waals surface area contributed by atoms with E-state index in [1.54, 1.807) is 0 Å². The van der Waals surface area contributed by atoms with E-state index in [0.29, 0.717) is 5.92 Å². The average Bonchev–Trinajstić information content (AvgIpc) is 2.93. The number of nitrogens with zero attached hydrogens (tertiary/aromatic N) is 2. The van der Waals surface area contributed by atoms with Gasteiger partial charge in [-0.05, 0) is 11.6 Å². The van der Waals surface area contributed by atoms with Crippen molar-refractivity contribution < 1.29 is 0 Å². The fourth-order valence-corrected chi connectivity index (χ4v) is 4.48. The van der Waals surface area contributed by atoms with Gasteiger partial charge in [0.2, 0.25) is 0 Å². The Balaban J connectivity index is 1.70. The molecule has 0 bridgehead atoms. The number of hydrogen-bond donors (Lipinski definition) is 0. The molecule has 0 spiro atoms. The Bertz CT molecular complexity index is 522. The number of aromatic nitrogens is 2. The van der Waals surface area contributed by atoms with Crippen molar-refractivity contribution in [3.05, 3.63) is 42.2 Å². The van der Waals surface area contributed by atoms with Crippen LogP contribution in [-0.2, 0) is 7.05 Å². The van der Waals surface area contributed by atoms with Crippen LogP contribution in [-0.4, -0.2) is 21.1 Å². The first kappa shape index (κ1) is 11.2. The van der Waals surface area contributed by atoms with Crippen LogP contribution in [0, 0.1) is 0 Å². The minimum absolute atomic E-state index is 0.665. The van der Waals surface area contributed by atoms with E-state index in [4.69, 9.17) is 0 Å². The number of thioether (sulfide) groups is 2. The zero-order valence-electron chi connectivity index (χ0n) is 9.67. The van der Waals surface area contributed by atoms with E-state index in [2.05, 4.69) is 33.8 Å². The monoisotopic (exact) mass is 262 g/mol. The molecule has 1 aromatic heterocycles. The summed E-state index contributed by atoms with van der Waals surface area (Å²) in [6, 6.07) is 8.76. The van der Waals surface area contributed by atoms with Crippen molar-refractivity contribution in [2.75, 3.05) is 11.5 Å². The number of aryl methyl sites for hydroxylation is 1. The van der Waals surface area contributed by atoms with E-state index in [0.717, 1.165) is 10.9 Å². The second-order valence-electron chi connectivity index (χ2n) is 4.18. The maximum Gasteiger partial charge on any atom is 0.167 e. The maximum atomic E-state index is 4.35. The van der Waals surface area contributed by atoms with Crippen LogP contribution in [0.4, 0.5) is 0 Å². The molecule has 1 aliphatic heterocycles. The van der Waals surface area contributed by atoms with Crippen LogP contribution in [0.3, 0.4) is 0 Å². The lowest BCUT2D eigenvalue weighted by molar-refractivity contribution is 0.785. The Morgan fingerprint density at radius 3 is 3.18 bits per heavy atom. The molecule has 17 heavy (non-hydrogen) atoms. The number of benzene rings is 1. The van der Waals surface area contributed by atoms with Gasteiger partial charge in [0.05, 0.1) is 0 Å². The quantitative estimate of drug-likeness (QED) is 0.790. The second-order valence-corrected chi connectivity index (χ2v) is 6.23. The Hall–Kier alpha value is -0.870. The summed E-state index contributed by atoms with van der Waals surface area (Å²) in [5.74, 6) is 2.99. The van der Waals surface area contributed by atoms with Crippen molar-refractivity contribution in [1.82, 2.24) is 9.55 Å². The minimum atomic E-state index is 0.665. The van der Waals surface area contributed by atoms with Crippen LogP contribution >= 0.6 is 23.5 Å². The van der Waals surface area contributed by atoms with Gasteiger partial charge in [0.1, 0.15) is 0 Å². The summed E-state index contributed by atoms with van der Waals surface area (Å²) in [5, 5.41) is 1.11. The minimum Gasteiger partial charge on any atom is -0.329 e. The van der Waals surface area contributed by atoms with E-state index in [-0.39, 0.29) is 0 Å². The summed E-state index contributed by atoms with van der Waals surface area (Å²) in [6.45, 7) is 0. The molecule has 1 unspecified atom stereocenters. The third-order valence-corrected chi connectivity index (χ3v) is 5.46. The van der Waals surface area contributed by atoms with E-state index in [9.17, 15) is 0 Å². The van der Waals surface area contributed by atoms with Crippen LogP contribution in [0.25, 0.3) is 0 Å². The van der Waals surface area contributed by atoms with E-state index < -0.39 is 0 Å². The van der Waals surface area contributed by atoms with Crippen LogP contribution in [0.5, 0.6) is 0 Å². The smallest absolute Gasteiger partial charge is 0.167 e. The largest absolute Gasteiger partial charge is 0.329 e. The van der Waals surface area contributed by atoms with Crippen LogP contribution in [0.2, 0.25) is 0 Å². The van der Waals surface area contributed by atoms with Crippen molar-refractivity contribution in [3.8, 4) is 0 Å². The second kappa shape index (κ2) is 4.78. The van der Waals surface area contributed by atoms with Crippen molar-refractivity contribution in [2.24, 2.45) is 7.05 Å². The molecule has 0 fully saturated rings. The number of hydrogen-bond acceptors (Lipinski definition) is 3. The molecule has 1 aliphatic rings. The number of fused-ring (bicyclic) bond motifs is 1. The summed E-state index contributed by atoms with van der Waals surface area (Å²) in [4.78, 5) is 5.81. The van der Waals surface area contributed by atoms with E-state index >= 15 is 0 Å². The molecule has 2 heterocycles. The molecule has 0 amide bonds. The Kier molecular flexibility index (Phi) is 3.16. The lowest BCUT2D eigenvalue weighted by Crippen LogP contribution is -2.01. The third kappa shape index (κ3) is 2.24. The summed E-state index contributed by atoms with van der Waals surface area (Å²) < 4.78 is 2.08. The molecule has 0 saturated carbocycles. The maximum absolute atomic E-state index is 4.35. The molecule has 2 nitrogen and oxygen atoms in total. The Morgan fingerprint density at radius 1 is 1.47 bits per heavy atom. The molecule has 0 saturated heterocycles. The lowest BCUT2D eigenvalue weighted by atomic mass is 10.0. The molecule has 3 rings (SSSR count). The molecule has 88 valence electrons. The van der Waals surface area contributed by atoms with Gasteiger partial charge in [0, 0.05) is 41.8 Å². The van der Waals surface area contributed by atoms with E-state index in [1.165, 1.54) is 16.2 Å². The molecule has 0 radical (unpaired) electrons. The van der Waals surface area contributed by atoms with Crippen molar-refractivity contribution in [1.29, 1.82) is 0 Å². The Labute approximate surface area is 110 Å². The van der Waals surface area contributed by atoms with Crippen molar-refractivity contribution in [2.45, 2.75) is 16.0 Å². The summed E-state index contributed by atoms with van der Waals surface area (Å²) in [5.41, 5.74) is 1.51. The molecule has 0 N–H and O–H groups in total. The molecule has 1 atom stereocenters. The number of rotatable bonds is 3. The van der Waals surface area contributed by atoms with Crippen molar-refractivity contribution in [3.63, 3.8) is 0 Å². The standard InChI is InChI=1S/C13H14N2S2/c1-15-7-6-14-13(15)17-9-10-8-16-12-5-3-2-4-11(10)12/h2-7,10H,8-9H2,1H3. The molecule has 2 aromatic rings. The fourth-order valence-electron chi connectivity index (χ4n) is 2.03. The third-order valence-electron chi connectivity index (χ3n) is 2.99. The zero-order valence-corrected chi connectivity index (χ0v) is 11.3. The highest BCUT2D eigenvalue weighted by Gasteiger charge is 2.22. The van der Waals surface area contributed by atoms with Gasteiger partial charge in [-0.3, -0.25) is 0 Å². The highest BCUT2D eigenvalue weighted by Crippen LogP contribution is 2.41. The van der Waals surface area contributed by atoms with Crippen LogP contribution < -0.4 is 0 Å². The van der Waals surface area contributed by atoms with Crippen molar-refractivity contribution >= 4 is 23.5 Å². The molecule has 1 aromatic carbocycles. The predicted octanol–water partition coefficient (Wildman–Crippen LogP) is 3.40. The van der Waals surface area contributed by atoms with Gasteiger partial charge < -0.3 is 4.57 Å². The first-order chi connectivity index (χ1) is 8.34. The van der Waals surface area contributed by atoms with Gasteiger partial charge in [-0.2, -0.15) is 0 Å². The van der Waals surface area contributed by atoms with Gasteiger partial charge in [0.15, 0.2) is 5.16 Å². The highest BCUT2D eigenvalue weighted by atomic mass is 32.2. The normalized spacial score (nSPS) is 18.3. The zero-order chi connectivity index (χ0) is 11.7. The SMILES string of the molecule is Cn1ccnc1SCC1CSc2ccccc21. The highest BCUT2D eigenvalue weighted by molar-refractivity contribution is 8.00. The summed E-state index contributed by atoms with van der Waals surface area (Å²) in [6.07, 6.45) is 3.86. The molecular formula is C13H14N2S2. The first-order valence-corrected chi connectivity index (χ1v) is 7.63. The number of imidazole rings is 1. The van der Waals surface area contributed by atoms with E-state index in [1.807, 2.05) is 43.0 Å². The fraction of sp³-hybridized carbons (Fsp3) is 0.308. The summed E-state index contributed by atoms with van der Waals surface area (Å²) in [7, 11) is 2.05. The van der Waals surface area contributed by atoms with Gasteiger partial charge in [0.25, 0.3) is 0 Å². The summed E-state index contributed by atoms with van der Waals surface area (Å²) >= 11 is 3.83. The average molecular weight is 262 g/mol. The van der Waals surface area contributed by atoms with Gasteiger partial charge >= 0.3 is 0 Å². The van der Waals surface area contributed by atoms with Gasteiger partial charge in [-0.1, -0.05) is 30.0 Å². The molecule has 0 aliphatic carbocycles. The molecule has 4 heteroatoms. The Morgan fingerprint density at radius 2 is 2.35 bits per heavy atom. The van der Waals surface area contributed by atoms with Gasteiger partial charge in [-0.15, -0.1) is 11.8 Å². The predicted molar refractivity (Wildman–Crippen MR) is 73.8 cm³/mol. The molecular weight excluding hydrogens is 248 g/mol. The van der Waals surface area contributed by atoms with Crippen LogP contribution in [0.15, 0.2) is 46.7 Å².